The second-order valence-corrected chi connectivity index (χ2v) is 20.5. The average Bonchev–Trinajstić information content (AvgIpc) is 3.90. The topological polar surface area (TPSA) is 244 Å². The standard InChI is InChI=1S/C21H24FN5O5S.C12H8ClFN4O2S.C9H17NO3/c1-13(2)31-21(28)26-8-6-14(7-9-26)32-20-16-11-25-27(19(16)23-12-24-20)18-5-4-15(10-17(18)22)33(3,29)30;1-21(19,20)7-2-3-10(9(14)4-7)18-12-8(5-17-18)11(13)15-6-16-12;1-7(2)13-9(12)10-5-3-8(11)4-6-10/h4-5,10-14H,6-9H2,1-3H3;2-6H,1H3;7-8,11H,3-6H2,1-2H3. The number of sulfone groups is 2. The molecule has 0 spiro atoms. The van der Waals surface area contributed by atoms with Crippen LogP contribution in [0.4, 0.5) is 18.4 Å². The quantitative estimate of drug-likeness (QED) is 0.179. The summed E-state index contributed by atoms with van der Waals surface area (Å²) in [5, 5.41) is 18.6. The van der Waals surface area contributed by atoms with Crippen LogP contribution in [0.25, 0.3) is 33.4 Å². The normalized spacial score (nSPS) is 15.0. The molecule has 2 saturated heterocycles. The summed E-state index contributed by atoms with van der Waals surface area (Å²) in [6.45, 7) is 9.48. The number of amides is 2. The molecule has 20 nitrogen and oxygen atoms in total. The summed E-state index contributed by atoms with van der Waals surface area (Å²) in [4.78, 5) is 42.7. The van der Waals surface area contributed by atoms with Crippen LogP contribution in [-0.2, 0) is 29.1 Å². The number of likely N-dealkylation sites (tertiary alicyclic amines) is 2. The zero-order chi connectivity index (χ0) is 48.8. The molecule has 0 saturated carbocycles. The average molecular weight is 991 g/mol. The Labute approximate surface area is 389 Å². The first kappa shape index (κ1) is 50.3. The number of hydrogen-bond donors (Lipinski definition) is 1. The van der Waals surface area contributed by atoms with Crippen LogP contribution in [0.15, 0.2) is 71.2 Å². The van der Waals surface area contributed by atoms with Crippen LogP contribution in [0.1, 0.15) is 53.4 Å². The molecule has 360 valence electrons. The summed E-state index contributed by atoms with van der Waals surface area (Å²) in [7, 11) is -7.02. The lowest BCUT2D eigenvalue weighted by molar-refractivity contribution is 0.0455. The van der Waals surface area contributed by atoms with Crippen molar-refractivity contribution in [1.82, 2.24) is 49.3 Å². The molecule has 2 amide bonds. The molecule has 6 heterocycles. The highest BCUT2D eigenvalue weighted by molar-refractivity contribution is 7.91. The van der Waals surface area contributed by atoms with Gasteiger partial charge >= 0.3 is 12.2 Å². The van der Waals surface area contributed by atoms with Crippen LogP contribution in [0.5, 0.6) is 5.88 Å². The molecule has 0 unspecified atom stereocenters. The minimum atomic E-state index is -3.54. The largest absolute Gasteiger partial charge is 0.474 e. The second-order valence-electron chi connectivity index (χ2n) is 16.1. The minimum Gasteiger partial charge on any atom is -0.474 e. The third-order valence-electron chi connectivity index (χ3n) is 10.2. The second kappa shape index (κ2) is 21.2. The monoisotopic (exact) mass is 990 g/mol. The maximum atomic E-state index is 14.7. The molecular formula is C42H49ClF2N10O10S2. The van der Waals surface area contributed by atoms with Gasteiger partial charge in [-0.2, -0.15) is 10.2 Å². The number of hydrogen-bond acceptors (Lipinski definition) is 16. The van der Waals surface area contributed by atoms with Gasteiger partial charge in [0.2, 0.25) is 5.88 Å². The molecule has 6 aromatic rings. The highest BCUT2D eigenvalue weighted by atomic mass is 35.5. The number of rotatable bonds is 8. The summed E-state index contributed by atoms with van der Waals surface area (Å²) in [5.74, 6) is -1.16. The van der Waals surface area contributed by atoms with Crippen LogP contribution < -0.4 is 4.74 Å². The summed E-state index contributed by atoms with van der Waals surface area (Å²) in [6, 6.07) is 7.19. The smallest absolute Gasteiger partial charge is 0.410 e. The highest BCUT2D eigenvalue weighted by Crippen LogP contribution is 2.29. The van der Waals surface area contributed by atoms with Crippen LogP contribution in [0.2, 0.25) is 5.15 Å². The Morgan fingerprint density at radius 2 is 1.12 bits per heavy atom. The lowest BCUT2D eigenvalue weighted by Crippen LogP contribution is -2.42. The molecule has 2 aliphatic rings. The van der Waals surface area contributed by atoms with Crippen molar-refractivity contribution >= 4 is 65.5 Å². The molecule has 8 rings (SSSR count). The maximum Gasteiger partial charge on any atom is 0.410 e. The minimum absolute atomic E-state index is 0.0547. The molecule has 2 aliphatic heterocycles. The Hall–Kier alpha value is -6.11. The predicted molar refractivity (Wildman–Crippen MR) is 240 cm³/mol. The van der Waals surface area contributed by atoms with Crippen LogP contribution in [-0.4, -0.2) is 147 Å². The van der Waals surface area contributed by atoms with Gasteiger partial charge in [0.1, 0.15) is 52.3 Å². The van der Waals surface area contributed by atoms with E-state index >= 15 is 0 Å². The van der Waals surface area contributed by atoms with Gasteiger partial charge in [0, 0.05) is 51.5 Å². The Morgan fingerprint density at radius 3 is 1.57 bits per heavy atom. The van der Waals surface area contributed by atoms with Crippen molar-refractivity contribution in [2.75, 3.05) is 38.7 Å². The number of carbonyl (C=O) groups is 2. The number of aromatic nitrogens is 8. The zero-order valence-electron chi connectivity index (χ0n) is 37.3. The van der Waals surface area contributed by atoms with E-state index in [1.807, 2.05) is 13.8 Å². The number of benzene rings is 2. The fraction of sp³-hybridized carbons (Fsp3) is 0.429. The molecule has 25 heteroatoms. The van der Waals surface area contributed by atoms with E-state index in [-0.39, 0.29) is 62.9 Å². The van der Waals surface area contributed by atoms with E-state index in [0.717, 1.165) is 24.6 Å². The Balaban J connectivity index is 0.000000185. The van der Waals surface area contributed by atoms with Crippen LogP contribution in [0.3, 0.4) is 0 Å². The lowest BCUT2D eigenvalue weighted by Gasteiger charge is -2.31. The number of aliphatic hydroxyl groups excluding tert-OH is 1. The van der Waals surface area contributed by atoms with E-state index in [0.29, 0.717) is 79.8 Å². The van der Waals surface area contributed by atoms with Gasteiger partial charge in [-0.05, 0) is 76.9 Å². The van der Waals surface area contributed by atoms with Crippen molar-refractivity contribution in [2.45, 2.75) is 87.6 Å². The van der Waals surface area contributed by atoms with Gasteiger partial charge in [0.05, 0.1) is 45.9 Å². The summed E-state index contributed by atoms with van der Waals surface area (Å²) in [5.41, 5.74) is 0.788. The van der Waals surface area contributed by atoms with Gasteiger partial charge in [0.15, 0.2) is 31.0 Å². The fourth-order valence-corrected chi connectivity index (χ4v) is 8.22. The number of nitrogens with zero attached hydrogens (tertiary/aromatic N) is 10. The first-order valence-corrected chi connectivity index (χ1v) is 25.1. The molecule has 2 aromatic carbocycles. The fourth-order valence-electron chi connectivity index (χ4n) is 6.78. The van der Waals surface area contributed by atoms with Gasteiger partial charge in [-0.1, -0.05) is 11.6 Å². The first-order chi connectivity index (χ1) is 31.6. The summed E-state index contributed by atoms with van der Waals surface area (Å²) in [6.07, 6.45) is 8.73. The van der Waals surface area contributed by atoms with Crippen molar-refractivity contribution in [1.29, 1.82) is 0 Å². The molecule has 0 radical (unpaired) electrons. The highest BCUT2D eigenvalue weighted by Gasteiger charge is 2.27. The van der Waals surface area contributed by atoms with E-state index in [1.165, 1.54) is 58.7 Å². The van der Waals surface area contributed by atoms with Gasteiger partial charge < -0.3 is 29.1 Å². The number of ether oxygens (including phenoxy) is 3. The molecule has 0 aliphatic carbocycles. The number of piperidine rings is 2. The van der Waals surface area contributed by atoms with Crippen molar-refractivity contribution in [3.8, 4) is 17.3 Å². The molecule has 2 fully saturated rings. The first-order valence-electron chi connectivity index (χ1n) is 20.9. The van der Waals surface area contributed by atoms with Crippen LogP contribution >= 0.6 is 11.6 Å². The van der Waals surface area contributed by atoms with E-state index in [9.17, 15) is 40.3 Å². The molecule has 0 atom stereocenters. The predicted octanol–water partition coefficient (Wildman–Crippen LogP) is 5.75. The number of fused-ring (bicyclic) bond motifs is 2. The number of halogens is 3. The molecule has 0 bridgehead atoms. The van der Waals surface area contributed by atoms with Crippen molar-refractivity contribution in [3.63, 3.8) is 0 Å². The lowest BCUT2D eigenvalue weighted by atomic mass is 10.1. The van der Waals surface area contributed by atoms with E-state index in [2.05, 4.69) is 30.1 Å². The van der Waals surface area contributed by atoms with Crippen LogP contribution in [0, 0.1) is 11.6 Å². The van der Waals surface area contributed by atoms with Gasteiger partial charge in [-0.15, -0.1) is 0 Å². The van der Waals surface area contributed by atoms with E-state index in [1.54, 1.807) is 23.6 Å². The van der Waals surface area contributed by atoms with Crippen molar-refractivity contribution in [3.05, 3.63) is 78.2 Å². The van der Waals surface area contributed by atoms with Gasteiger partial charge in [0.25, 0.3) is 0 Å². The Kier molecular flexibility index (Phi) is 15.9. The number of carbonyl (C=O) groups excluding carboxylic acids is 2. The van der Waals surface area contributed by atoms with Crippen molar-refractivity contribution in [2.24, 2.45) is 0 Å². The third kappa shape index (κ3) is 12.7. The third-order valence-corrected chi connectivity index (χ3v) is 12.7. The van der Waals surface area contributed by atoms with E-state index < -0.39 is 31.3 Å². The SMILES string of the molecule is CC(C)OC(=O)N1CCC(O)CC1.CC(C)OC(=O)N1CCC(Oc2ncnc3c2cnn3-c2ccc(S(C)(=O)=O)cc2F)CC1.CS(=O)(=O)c1ccc(-n2ncc3c(Cl)ncnc32)c(F)c1. The van der Waals surface area contributed by atoms with Crippen molar-refractivity contribution < 1.29 is 54.5 Å². The van der Waals surface area contributed by atoms with Gasteiger partial charge in [-0.25, -0.2) is 64.5 Å². The molecule has 67 heavy (non-hydrogen) atoms. The Bertz CT molecular complexity index is 2960. The summed E-state index contributed by atoms with van der Waals surface area (Å²) >= 11 is 5.91. The number of aliphatic hydroxyl groups is 1. The molecule has 4 aromatic heterocycles. The zero-order valence-corrected chi connectivity index (χ0v) is 39.7. The summed E-state index contributed by atoms with van der Waals surface area (Å²) < 4.78 is 93.9. The van der Waals surface area contributed by atoms with Gasteiger partial charge in [-0.3, -0.25) is 0 Å². The maximum absolute atomic E-state index is 14.7. The molecular weight excluding hydrogens is 942 g/mol. The van der Waals surface area contributed by atoms with E-state index in [4.69, 9.17) is 25.8 Å². The molecule has 1 N–H and O–H groups in total. The Morgan fingerprint density at radius 1 is 0.687 bits per heavy atom.